The first-order valence-corrected chi connectivity index (χ1v) is 10.8. The SMILES string of the molecule is COCCC(=O)N1CCC(Oc2ccc(N(C)S(=O)(=O)C3CC3)cn2)CC1. The number of pyridine rings is 1. The number of amides is 1. The van der Waals surface area contributed by atoms with Gasteiger partial charge in [0.2, 0.25) is 21.8 Å². The molecule has 0 radical (unpaired) electrons. The fourth-order valence-electron chi connectivity index (χ4n) is 3.11. The molecule has 27 heavy (non-hydrogen) atoms. The molecule has 3 rings (SSSR count). The Balaban J connectivity index is 1.50. The normalized spacial score (nSPS) is 18.4. The summed E-state index contributed by atoms with van der Waals surface area (Å²) >= 11 is 0. The Labute approximate surface area is 160 Å². The van der Waals surface area contributed by atoms with Crippen LogP contribution in [0.25, 0.3) is 0 Å². The molecule has 1 aromatic heterocycles. The number of anilines is 1. The highest BCUT2D eigenvalue weighted by Crippen LogP contribution is 2.32. The summed E-state index contributed by atoms with van der Waals surface area (Å²) in [6, 6.07) is 3.41. The van der Waals surface area contributed by atoms with Gasteiger partial charge in [-0.2, -0.15) is 0 Å². The highest BCUT2D eigenvalue weighted by molar-refractivity contribution is 7.93. The number of ether oxygens (including phenoxy) is 2. The molecular formula is C18H27N3O5S. The predicted molar refractivity (Wildman–Crippen MR) is 101 cm³/mol. The Hall–Kier alpha value is -1.87. The summed E-state index contributed by atoms with van der Waals surface area (Å²) in [5, 5.41) is -0.254. The molecule has 1 saturated carbocycles. The molecule has 1 aliphatic carbocycles. The molecule has 0 atom stereocenters. The van der Waals surface area contributed by atoms with Crippen molar-refractivity contribution in [2.24, 2.45) is 0 Å². The molecule has 1 aliphatic heterocycles. The summed E-state index contributed by atoms with van der Waals surface area (Å²) in [5.41, 5.74) is 0.535. The van der Waals surface area contributed by atoms with E-state index in [1.165, 1.54) is 10.5 Å². The Morgan fingerprint density at radius 2 is 1.96 bits per heavy atom. The minimum absolute atomic E-state index is 0.00255. The van der Waals surface area contributed by atoms with Crippen molar-refractivity contribution < 1.29 is 22.7 Å². The topological polar surface area (TPSA) is 89.0 Å². The molecule has 2 heterocycles. The largest absolute Gasteiger partial charge is 0.474 e. The molecule has 0 unspecified atom stereocenters. The molecule has 0 aromatic carbocycles. The molecule has 1 saturated heterocycles. The van der Waals surface area contributed by atoms with Gasteiger partial charge in [0, 0.05) is 46.2 Å². The maximum Gasteiger partial charge on any atom is 0.237 e. The van der Waals surface area contributed by atoms with Crippen LogP contribution < -0.4 is 9.04 Å². The molecule has 1 amide bonds. The third-order valence-electron chi connectivity index (χ3n) is 5.01. The van der Waals surface area contributed by atoms with Crippen LogP contribution in [0.3, 0.4) is 0 Å². The van der Waals surface area contributed by atoms with Gasteiger partial charge in [-0.1, -0.05) is 0 Å². The molecule has 1 aromatic rings. The molecule has 2 aliphatic rings. The second kappa shape index (κ2) is 8.43. The van der Waals surface area contributed by atoms with E-state index in [1.54, 1.807) is 26.3 Å². The number of likely N-dealkylation sites (tertiary alicyclic amines) is 1. The van der Waals surface area contributed by atoms with Crippen molar-refractivity contribution in [1.82, 2.24) is 9.88 Å². The lowest BCUT2D eigenvalue weighted by atomic mass is 10.1. The Morgan fingerprint density at radius 1 is 1.26 bits per heavy atom. The first-order valence-electron chi connectivity index (χ1n) is 9.29. The van der Waals surface area contributed by atoms with Crippen LogP contribution in [0.4, 0.5) is 5.69 Å². The summed E-state index contributed by atoms with van der Waals surface area (Å²) in [5.74, 6) is 0.581. The molecule has 2 fully saturated rings. The smallest absolute Gasteiger partial charge is 0.237 e. The van der Waals surface area contributed by atoms with Crippen LogP contribution in [-0.2, 0) is 19.6 Å². The van der Waals surface area contributed by atoms with Gasteiger partial charge in [-0.25, -0.2) is 13.4 Å². The summed E-state index contributed by atoms with van der Waals surface area (Å²) in [7, 11) is -0.129. The van der Waals surface area contributed by atoms with Gasteiger partial charge in [0.1, 0.15) is 6.10 Å². The minimum Gasteiger partial charge on any atom is -0.474 e. The van der Waals surface area contributed by atoms with Gasteiger partial charge in [0.05, 0.1) is 30.2 Å². The molecule has 0 bridgehead atoms. The van der Waals surface area contributed by atoms with E-state index in [0.29, 0.717) is 37.7 Å². The van der Waals surface area contributed by atoms with E-state index in [2.05, 4.69) is 4.98 Å². The molecule has 0 spiro atoms. The van der Waals surface area contributed by atoms with Crippen molar-refractivity contribution in [2.45, 2.75) is 43.5 Å². The quantitative estimate of drug-likeness (QED) is 0.659. The fraction of sp³-hybridized carbons (Fsp3) is 0.667. The first-order chi connectivity index (χ1) is 12.9. The average molecular weight is 397 g/mol. The molecule has 9 heteroatoms. The van der Waals surface area contributed by atoms with Crippen LogP contribution in [-0.4, -0.2) is 69.4 Å². The summed E-state index contributed by atoms with van der Waals surface area (Å²) in [4.78, 5) is 18.1. The number of sulfonamides is 1. The van der Waals surface area contributed by atoms with Crippen molar-refractivity contribution in [3.63, 3.8) is 0 Å². The monoisotopic (exact) mass is 397 g/mol. The van der Waals surface area contributed by atoms with Crippen LogP contribution >= 0.6 is 0 Å². The van der Waals surface area contributed by atoms with E-state index in [-0.39, 0.29) is 17.3 Å². The van der Waals surface area contributed by atoms with Crippen molar-refractivity contribution >= 4 is 21.6 Å². The first kappa shape index (κ1) is 19.9. The van der Waals surface area contributed by atoms with Gasteiger partial charge in [-0.05, 0) is 18.9 Å². The lowest BCUT2D eigenvalue weighted by Crippen LogP contribution is -2.42. The highest BCUT2D eigenvalue weighted by atomic mass is 32.2. The van der Waals surface area contributed by atoms with Crippen molar-refractivity contribution in [2.75, 3.05) is 38.2 Å². The summed E-state index contributed by atoms with van der Waals surface area (Å²) in [6.45, 7) is 1.76. The van der Waals surface area contributed by atoms with E-state index < -0.39 is 10.0 Å². The van der Waals surface area contributed by atoms with Gasteiger partial charge in [-0.15, -0.1) is 0 Å². The number of methoxy groups -OCH3 is 1. The number of aromatic nitrogens is 1. The lowest BCUT2D eigenvalue weighted by Gasteiger charge is -2.32. The second-order valence-electron chi connectivity index (χ2n) is 7.01. The highest BCUT2D eigenvalue weighted by Gasteiger charge is 2.39. The van der Waals surface area contributed by atoms with Gasteiger partial charge in [0.15, 0.2) is 0 Å². The van der Waals surface area contributed by atoms with Crippen molar-refractivity contribution in [1.29, 1.82) is 0 Å². The zero-order valence-electron chi connectivity index (χ0n) is 15.8. The maximum absolute atomic E-state index is 12.3. The van der Waals surface area contributed by atoms with Crippen LogP contribution in [0.2, 0.25) is 0 Å². The Kier molecular flexibility index (Phi) is 6.21. The van der Waals surface area contributed by atoms with Crippen LogP contribution in [0.1, 0.15) is 32.1 Å². The van der Waals surface area contributed by atoms with Crippen LogP contribution in [0.5, 0.6) is 5.88 Å². The number of rotatable bonds is 8. The molecule has 0 N–H and O–H groups in total. The number of piperidine rings is 1. The molecular weight excluding hydrogens is 370 g/mol. The number of hydrogen-bond donors (Lipinski definition) is 0. The molecule has 8 nitrogen and oxygen atoms in total. The standard InChI is InChI=1S/C18H27N3O5S/c1-20(27(23,24)16-4-5-16)14-3-6-17(19-13-14)26-15-7-10-21(11-8-15)18(22)9-12-25-2/h3,6,13,15-16H,4-5,7-12H2,1-2H3. The average Bonchev–Trinajstić information content (AvgIpc) is 3.52. The summed E-state index contributed by atoms with van der Waals surface area (Å²) < 4.78 is 36.7. The van der Waals surface area contributed by atoms with Gasteiger partial charge in [0.25, 0.3) is 0 Å². The van der Waals surface area contributed by atoms with Crippen LogP contribution in [0, 0.1) is 0 Å². The predicted octanol–water partition coefficient (Wildman–Crippen LogP) is 1.42. The van der Waals surface area contributed by atoms with Crippen molar-refractivity contribution in [3.8, 4) is 5.88 Å². The fourth-order valence-corrected chi connectivity index (χ4v) is 4.69. The van der Waals surface area contributed by atoms with Crippen LogP contribution in [0.15, 0.2) is 18.3 Å². The Bertz CT molecular complexity index is 741. The lowest BCUT2D eigenvalue weighted by molar-refractivity contribution is -0.133. The zero-order valence-corrected chi connectivity index (χ0v) is 16.7. The van der Waals surface area contributed by atoms with E-state index in [0.717, 1.165) is 25.7 Å². The van der Waals surface area contributed by atoms with E-state index in [4.69, 9.17) is 9.47 Å². The third-order valence-corrected chi connectivity index (χ3v) is 7.30. The van der Waals surface area contributed by atoms with Crippen molar-refractivity contribution in [3.05, 3.63) is 18.3 Å². The minimum atomic E-state index is -3.27. The Morgan fingerprint density at radius 3 is 2.52 bits per heavy atom. The van der Waals surface area contributed by atoms with Gasteiger partial charge < -0.3 is 14.4 Å². The van der Waals surface area contributed by atoms with Gasteiger partial charge >= 0.3 is 0 Å². The maximum atomic E-state index is 12.3. The number of carbonyl (C=O) groups is 1. The second-order valence-corrected chi connectivity index (χ2v) is 9.25. The van der Waals surface area contributed by atoms with Gasteiger partial charge in [-0.3, -0.25) is 9.10 Å². The van der Waals surface area contributed by atoms with E-state index >= 15 is 0 Å². The number of hydrogen-bond acceptors (Lipinski definition) is 6. The third kappa shape index (κ3) is 4.90. The number of nitrogens with zero attached hydrogens (tertiary/aromatic N) is 3. The zero-order chi connectivity index (χ0) is 19.4. The number of carbonyl (C=O) groups excluding carboxylic acids is 1. The van der Waals surface area contributed by atoms with E-state index in [1.807, 2.05) is 4.90 Å². The summed E-state index contributed by atoms with van der Waals surface area (Å²) in [6.07, 6.45) is 4.89. The van der Waals surface area contributed by atoms with E-state index in [9.17, 15) is 13.2 Å². The molecule has 150 valence electrons.